The van der Waals surface area contributed by atoms with Crippen LogP contribution in [-0.2, 0) is 6.54 Å². The molecule has 0 heterocycles. The zero-order chi connectivity index (χ0) is 14.8. The van der Waals surface area contributed by atoms with Crippen molar-refractivity contribution < 1.29 is 0 Å². The van der Waals surface area contributed by atoms with Crippen molar-refractivity contribution in [2.75, 3.05) is 33.2 Å². The maximum atomic E-state index is 4.25. The normalized spacial score (nSPS) is 11.8. The Bertz CT molecular complexity index is 393. The highest BCUT2D eigenvalue weighted by Gasteiger charge is 2.01. The Labute approximate surface area is 123 Å². The van der Waals surface area contributed by atoms with Crippen molar-refractivity contribution in [3.8, 4) is 0 Å². The molecular formula is C16H28N4. The first-order valence-electron chi connectivity index (χ1n) is 7.42. The van der Waals surface area contributed by atoms with E-state index in [-0.39, 0.29) is 0 Å². The summed E-state index contributed by atoms with van der Waals surface area (Å²) in [5.41, 5.74) is 2.55. The summed E-state index contributed by atoms with van der Waals surface area (Å²) in [4.78, 5) is 6.63. The quantitative estimate of drug-likeness (QED) is 0.591. The molecule has 4 nitrogen and oxygen atoms in total. The van der Waals surface area contributed by atoms with Gasteiger partial charge in [0.1, 0.15) is 0 Å². The van der Waals surface area contributed by atoms with Crippen molar-refractivity contribution in [3.05, 3.63) is 35.4 Å². The zero-order valence-corrected chi connectivity index (χ0v) is 13.2. The molecule has 0 saturated heterocycles. The molecule has 0 aromatic heterocycles. The second-order valence-corrected chi connectivity index (χ2v) is 4.87. The number of aryl methyl sites for hydroxylation is 1. The van der Waals surface area contributed by atoms with E-state index >= 15 is 0 Å². The molecule has 4 heteroatoms. The largest absolute Gasteiger partial charge is 0.355 e. The third-order valence-corrected chi connectivity index (χ3v) is 3.42. The first-order valence-corrected chi connectivity index (χ1v) is 7.42. The van der Waals surface area contributed by atoms with Gasteiger partial charge in [-0.3, -0.25) is 4.99 Å². The molecule has 0 unspecified atom stereocenters. The molecule has 0 amide bonds. The number of aliphatic imine (C=N–C) groups is 1. The molecule has 0 spiro atoms. The molecule has 112 valence electrons. The first kappa shape index (κ1) is 16.5. The molecule has 20 heavy (non-hydrogen) atoms. The number of rotatable bonds is 7. The average molecular weight is 276 g/mol. The number of guanidine groups is 1. The molecular weight excluding hydrogens is 248 g/mol. The minimum absolute atomic E-state index is 0.797. The lowest BCUT2D eigenvalue weighted by atomic mass is 10.1. The Hall–Kier alpha value is -1.55. The molecule has 0 atom stereocenters. The molecule has 1 aromatic rings. The van der Waals surface area contributed by atoms with Gasteiger partial charge in [0, 0.05) is 26.7 Å². The Morgan fingerprint density at radius 1 is 1.10 bits per heavy atom. The van der Waals surface area contributed by atoms with Crippen LogP contribution >= 0.6 is 0 Å². The summed E-state index contributed by atoms with van der Waals surface area (Å²) < 4.78 is 0. The Morgan fingerprint density at radius 2 is 1.75 bits per heavy atom. The number of benzene rings is 1. The van der Waals surface area contributed by atoms with Crippen molar-refractivity contribution in [3.63, 3.8) is 0 Å². The van der Waals surface area contributed by atoms with E-state index in [4.69, 9.17) is 0 Å². The van der Waals surface area contributed by atoms with Gasteiger partial charge in [0.05, 0.1) is 0 Å². The van der Waals surface area contributed by atoms with Crippen LogP contribution in [-0.4, -0.2) is 44.1 Å². The highest BCUT2D eigenvalue weighted by atomic mass is 15.2. The van der Waals surface area contributed by atoms with E-state index in [9.17, 15) is 0 Å². The van der Waals surface area contributed by atoms with Crippen LogP contribution in [0.4, 0.5) is 0 Å². The predicted molar refractivity (Wildman–Crippen MR) is 87.2 cm³/mol. The number of nitrogens with zero attached hydrogens (tertiary/aromatic N) is 2. The fourth-order valence-corrected chi connectivity index (χ4v) is 1.98. The van der Waals surface area contributed by atoms with E-state index in [0.717, 1.165) is 38.7 Å². The third kappa shape index (κ3) is 6.06. The van der Waals surface area contributed by atoms with Gasteiger partial charge in [-0.25, -0.2) is 0 Å². The van der Waals surface area contributed by atoms with Crippen molar-refractivity contribution in [1.29, 1.82) is 0 Å². The van der Waals surface area contributed by atoms with Crippen molar-refractivity contribution in [2.24, 2.45) is 4.99 Å². The smallest absolute Gasteiger partial charge is 0.191 e. The van der Waals surface area contributed by atoms with Gasteiger partial charge in [0.2, 0.25) is 0 Å². The fraction of sp³-hybridized carbons (Fsp3) is 0.562. The van der Waals surface area contributed by atoms with Gasteiger partial charge in [-0.15, -0.1) is 0 Å². The van der Waals surface area contributed by atoms with Crippen molar-refractivity contribution in [1.82, 2.24) is 15.5 Å². The first-order chi connectivity index (χ1) is 9.69. The molecule has 0 radical (unpaired) electrons. The molecule has 0 fully saturated rings. The van der Waals surface area contributed by atoms with Crippen LogP contribution < -0.4 is 10.6 Å². The molecule has 0 aliphatic rings. The number of nitrogens with one attached hydrogen (secondary N) is 2. The molecule has 1 aromatic carbocycles. The lowest BCUT2D eigenvalue weighted by Crippen LogP contribution is -2.41. The summed E-state index contributed by atoms with van der Waals surface area (Å²) in [6, 6.07) is 8.55. The minimum Gasteiger partial charge on any atom is -0.355 e. The summed E-state index contributed by atoms with van der Waals surface area (Å²) >= 11 is 0. The van der Waals surface area contributed by atoms with Crippen LogP contribution in [0.25, 0.3) is 0 Å². The van der Waals surface area contributed by atoms with E-state index in [1.165, 1.54) is 11.1 Å². The molecule has 2 N–H and O–H groups in total. The topological polar surface area (TPSA) is 39.7 Å². The second-order valence-electron chi connectivity index (χ2n) is 4.87. The van der Waals surface area contributed by atoms with Gasteiger partial charge in [-0.2, -0.15) is 0 Å². The number of hydrogen-bond donors (Lipinski definition) is 2. The lowest BCUT2D eigenvalue weighted by Gasteiger charge is -2.19. The molecule has 0 bridgehead atoms. The van der Waals surface area contributed by atoms with E-state index in [2.05, 4.69) is 65.6 Å². The summed E-state index contributed by atoms with van der Waals surface area (Å²) in [5, 5.41) is 6.68. The third-order valence-electron chi connectivity index (χ3n) is 3.42. The van der Waals surface area contributed by atoms with Gasteiger partial charge < -0.3 is 15.5 Å². The lowest BCUT2D eigenvalue weighted by molar-refractivity contribution is 0.308. The summed E-state index contributed by atoms with van der Waals surface area (Å²) in [6.07, 6.45) is 0. The van der Waals surface area contributed by atoms with E-state index in [0.29, 0.717) is 0 Å². The average Bonchev–Trinajstić information content (AvgIpc) is 2.48. The highest BCUT2D eigenvalue weighted by Crippen LogP contribution is 2.02. The fourth-order valence-electron chi connectivity index (χ4n) is 1.98. The zero-order valence-electron chi connectivity index (χ0n) is 13.2. The monoisotopic (exact) mass is 276 g/mol. The Balaban J connectivity index is 2.31. The maximum Gasteiger partial charge on any atom is 0.191 e. The highest BCUT2D eigenvalue weighted by molar-refractivity contribution is 5.79. The van der Waals surface area contributed by atoms with Gasteiger partial charge in [0.15, 0.2) is 5.96 Å². The summed E-state index contributed by atoms with van der Waals surface area (Å²) in [6.45, 7) is 11.4. The number of hydrogen-bond acceptors (Lipinski definition) is 2. The van der Waals surface area contributed by atoms with Crippen LogP contribution in [0.15, 0.2) is 29.3 Å². The molecule has 0 aliphatic heterocycles. The molecule has 1 rings (SSSR count). The predicted octanol–water partition coefficient (Wildman–Crippen LogP) is 2.00. The van der Waals surface area contributed by atoms with Crippen LogP contribution in [0, 0.1) is 6.92 Å². The maximum absolute atomic E-state index is 4.25. The summed E-state index contributed by atoms with van der Waals surface area (Å²) in [5.74, 6) is 0.859. The minimum atomic E-state index is 0.797. The number of likely N-dealkylation sites (N-methyl/N-ethyl adjacent to an activating group) is 1. The molecule has 0 aliphatic carbocycles. The Morgan fingerprint density at radius 3 is 2.30 bits per heavy atom. The van der Waals surface area contributed by atoms with Crippen LogP contribution in [0.2, 0.25) is 0 Å². The van der Waals surface area contributed by atoms with Gasteiger partial charge in [-0.1, -0.05) is 43.7 Å². The van der Waals surface area contributed by atoms with E-state index in [1.807, 2.05) is 7.05 Å². The standard InChI is InChI=1S/C16H28N4/c1-5-20(6-2)12-11-18-16(17-4)19-13-15-9-7-14(3)8-10-15/h7-10H,5-6,11-13H2,1-4H3,(H2,17,18,19). The van der Waals surface area contributed by atoms with Gasteiger partial charge in [0.25, 0.3) is 0 Å². The van der Waals surface area contributed by atoms with E-state index < -0.39 is 0 Å². The van der Waals surface area contributed by atoms with Crippen LogP contribution in [0.3, 0.4) is 0 Å². The second kappa shape index (κ2) is 9.37. The van der Waals surface area contributed by atoms with Crippen LogP contribution in [0.5, 0.6) is 0 Å². The van der Waals surface area contributed by atoms with Crippen molar-refractivity contribution >= 4 is 5.96 Å². The van der Waals surface area contributed by atoms with E-state index in [1.54, 1.807) is 0 Å². The molecule has 0 saturated carbocycles. The van der Waals surface area contributed by atoms with Gasteiger partial charge >= 0.3 is 0 Å². The van der Waals surface area contributed by atoms with Crippen molar-refractivity contribution in [2.45, 2.75) is 27.3 Å². The SMILES string of the molecule is CCN(CC)CCNC(=NC)NCc1ccc(C)cc1. The van der Waals surface area contributed by atoms with Crippen LogP contribution in [0.1, 0.15) is 25.0 Å². The van der Waals surface area contributed by atoms with Gasteiger partial charge in [-0.05, 0) is 25.6 Å². The Kier molecular flexibility index (Phi) is 7.73. The summed E-state index contributed by atoms with van der Waals surface area (Å²) in [7, 11) is 1.81.